The molecule has 1 aliphatic rings. The van der Waals surface area contributed by atoms with E-state index in [1.54, 1.807) is 6.92 Å². The Morgan fingerprint density at radius 2 is 2.33 bits per heavy atom. The van der Waals surface area contributed by atoms with Crippen molar-refractivity contribution in [2.24, 2.45) is 11.8 Å². The van der Waals surface area contributed by atoms with Crippen LogP contribution in [0.4, 0.5) is 0 Å². The van der Waals surface area contributed by atoms with Crippen molar-refractivity contribution in [1.29, 1.82) is 0 Å². The molecule has 0 bridgehead atoms. The van der Waals surface area contributed by atoms with Crippen molar-refractivity contribution in [3.8, 4) is 0 Å². The summed E-state index contributed by atoms with van der Waals surface area (Å²) in [6.07, 6.45) is 3.27. The Morgan fingerprint density at radius 3 is 2.83 bits per heavy atom. The fourth-order valence-electron chi connectivity index (χ4n) is 1.61. The van der Waals surface area contributed by atoms with Crippen molar-refractivity contribution in [3.63, 3.8) is 0 Å². The van der Waals surface area contributed by atoms with E-state index in [2.05, 4.69) is 0 Å². The van der Waals surface area contributed by atoms with Crippen molar-refractivity contribution in [1.82, 2.24) is 0 Å². The molecule has 3 heteroatoms. The van der Waals surface area contributed by atoms with Gasteiger partial charge in [-0.25, -0.2) is 0 Å². The number of aldehydes is 1. The zero-order valence-electron chi connectivity index (χ0n) is 7.29. The number of hydrogen-bond acceptors (Lipinski definition) is 3. The normalized spacial score (nSPS) is 28.4. The first kappa shape index (κ1) is 9.23. The van der Waals surface area contributed by atoms with Gasteiger partial charge in [0.25, 0.3) is 0 Å². The number of esters is 1. The average molecular weight is 170 g/mol. The molecule has 0 aromatic carbocycles. The number of carbonyl (C=O) groups excluding carboxylic acids is 2. The molecular weight excluding hydrogens is 156 g/mol. The van der Waals surface area contributed by atoms with Crippen LogP contribution in [0.3, 0.4) is 0 Å². The summed E-state index contributed by atoms with van der Waals surface area (Å²) in [7, 11) is 0. The molecule has 0 aromatic rings. The molecule has 68 valence electrons. The second-order valence-corrected chi connectivity index (χ2v) is 3.16. The van der Waals surface area contributed by atoms with Crippen LogP contribution in [0.2, 0.25) is 0 Å². The molecule has 0 N–H and O–H groups in total. The maximum absolute atomic E-state index is 11.2. The minimum atomic E-state index is -0.137. The summed E-state index contributed by atoms with van der Waals surface area (Å²) < 4.78 is 4.86. The van der Waals surface area contributed by atoms with Gasteiger partial charge < -0.3 is 9.53 Å². The van der Waals surface area contributed by atoms with Gasteiger partial charge >= 0.3 is 5.97 Å². The number of hydrogen-bond donors (Lipinski definition) is 0. The lowest BCUT2D eigenvalue weighted by Crippen LogP contribution is -2.15. The summed E-state index contributed by atoms with van der Waals surface area (Å²) in [6, 6.07) is 0. The van der Waals surface area contributed by atoms with Crippen molar-refractivity contribution < 1.29 is 14.3 Å². The molecule has 3 nitrogen and oxygen atoms in total. The van der Waals surface area contributed by atoms with Crippen LogP contribution >= 0.6 is 0 Å². The van der Waals surface area contributed by atoms with Crippen molar-refractivity contribution in [2.45, 2.75) is 26.2 Å². The summed E-state index contributed by atoms with van der Waals surface area (Å²) in [5, 5.41) is 0. The lowest BCUT2D eigenvalue weighted by atomic mass is 10.1. The van der Waals surface area contributed by atoms with Crippen LogP contribution in [0.15, 0.2) is 0 Å². The molecule has 0 spiro atoms. The van der Waals surface area contributed by atoms with Crippen molar-refractivity contribution in [2.75, 3.05) is 6.61 Å². The van der Waals surface area contributed by atoms with E-state index in [4.69, 9.17) is 4.74 Å². The second kappa shape index (κ2) is 4.24. The van der Waals surface area contributed by atoms with Gasteiger partial charge in [-0.05, 0) is 26.2 Å². The van der Waals surface area contributed by atoms with Crippen LogP contribution in [0.1, 0.15) is 26.2 Å². The molecule has 1 fully saturated rings. The maximum Gasteiger partial charge on any atom is 0.308 e. The van der Waals surface area contributed by atoms with E-state index in [0.29, 0.717) is 13.0 Å². The Morgan fingerprint density at radius 1 is 1.58 bits per heavy atom. The van der Waals surface area contributed by atoms with E-state index in [9.17, 15) is 9.59 Å². The summed E-state index contributed by atoms with van der Waals surface area (Å²) in [5.41, 5.74) is 0. The summed E-state index contributed by atoms with van der Waals surface area (Å²) in [6.45, 7) is 2.23. The average Bonchev–Trinajstić information content (AvgIpc) is 2.52. The van der Waals surface area contributed by atoms with E-state index in [0.717, 1.165) is 19.1 Å². The monoisotopic (exact) mass is 170 g/mol. The van der Waals surface area contributed by atoms with E-state index in [1.165, 1.54) is 0 Å². The molecule has 1 rings (SSSR count). The summed E-state index contributed by atoms with van der Waals surface area (Å²) in [4.78, 5) is 21.5. The molecule has 0 aromatic heterocycles. The first-order valence-corrected chi connectivity index (χ1v) is 4.39. The van der Waals surface area contributed by atoms with Crippen molar-refractivity contribution in [3.05, 3.63) is 0 Å². The first-order valence-electron chi connectivity index (χ1n) is 4.39. The molecule has 0 radical (unpaired) electrons. The number of rotatable bonds is 3. The lowest BCUT2D eigenvalue weighted by molar-refractivity contribution is -0.147. The van der Waals surface area contributed by atoms with Gasteiger partial charge in [0.05, 0.1) is 12.5 Å². The second-order valence-electron chi connectivity index (χ2n) is 3.16. The highest BCUT2D eigenvalue weighted by Gasteiger charge is 2.30. The third kappa shape index (κ3) is 2.06. The molecule has 1 aliphatic carbocycles. The summed E-state index contributed by atoms with van der Waals surface area (Å²) >= 11 is 0. The Balaban J connectivity index is 2.35. The van der Waals surface area contributed by atoms with Crippen LogP contribution in [0.25, 0.3) is 0 Å². The third-order valence-corrected chi connectivity index (χ3v) is 2.29. The number of carbonyl (C=O) groups is 2. The predicted octanol–water partition coefficient (Wildman–Crippen LogP) is 1.16. The van der Waals surface area contributed by atoms with Gasteiger partial charge in [-0.2, -0.15) is 0 Å². The van der Waals surface area contributed by atoms with E-state index >= 15 is 0 Å². The Kier molecular flexibility index (Phi) is 3.26. The highest BCUT2D eigenvalue weighted by Crippen LogP contribution is 2.30. The highest BCUT2D eigenvalue weighted by molar-refractivity contribution is 5.73. The van der Waals surface area contributed by atoms with Crippen LogP contribution in [0.5, 0.6) is 0 Å². The van der Waals surface area contributed by atoms with Gasteiger partial charge in [0.2, 0.25) is 0 Å². The topological polar surface area (TPSA) is 43.4 Å². The molecule has 12 heavy (non-hydrogen) atoms. The fraction of sp³-hybridized carbons (Fsp3) is 0.778. The molecule has 0 heterocycles. The van der Waals surface area contributed by atoms with Crippen LogP contribution < -0.4 is 0 Å². The standard InChI is InChI=1S/C9H14O3/c1-2-12-9(11)8-4-3-7(5-8)6-10/h6-8H,2-5H2,1H3/t7-,8+/m1/s1. The Hall–Kier alpha value is -0.860. The summed E-state index contributed by atoms with van der Waals surface area (Å²) in [5.74, 6) is -0.0820. The third-order valence-electron chi connectivity index (χ3n) is 2.29. The van der Waals surface area contributed by atoms with Gasteiger partial charge in [-0.3, -0.25) is 4.79 Å². The molecule has 2 atom stereocenters. The van der Waals surface area contributed by atoms with Crippen LogP contribution in [0, 0.1) is 11.8 Å². The quantitative estimate of drug-likeness (QED) is 0.471. The van der Waals surface area contributed by atoms with E-state index in [1.807, 2.05) is 0 Å². The SMILES string of the molecule is CCOC(=O)[C@H]1CC[C@@H](C=O)C1. The van der Waals surface area contributed by atoms with Gasteiger partial charge in [0, 0.05) is 5.92 Å². The lowest BCUT2D eigenvalue weighted by Gasteiger charge is -2.06. The first-order chi connectivity index (χ1) is 5.77. The smallest absolute Gasteiger partial charge is 0.308 e. The molecule has 0 saturated heterocycles. The zero-order valence-corrected chi connectivity index (χ0v) is 7.29. The maximum atomic E-state index is 11.2. The molecule has 0 unspecified atom stereocenters. The van der Waals surface area contributed by atoms with E-state index < -0.39 is 0 Å². The van der Waals surface area contributed by atoms with Gasteiger partial charge in [0.1, 0.15) is 6.29 Å². The van der Waals surface area contributed by atoms with Crippen LogP contribution in [-0.4, -0.2) is 18.9 Å². The predicted molar refractivity (Wildman–Crippen MR) is 43.5 cm³/mol. The fourth-order valence-corrected chi connectivity index (χ4v) is 1.61. The Bertz CT molecular complexity index is 177. The van der Waals surface area contributed by atoms with E-state index in [-0.39, 0.29) is 17.8 Å². The molecule has 0 amide bonds. The van der Waals surface area contributed by atoms with Gasteiger partial charge in [-0.15, -0.1) is 0 Å². The number of ether oxygens (including phenoxy) is 1. The highest BCUT2D eigenvalue weighted by atomic mass is 16.5. The molecule has 0 aliphatic heterocycles. The van der Waals surface area contributed by atoms with Gasteiger partial charge in [0.15, 0.2) is 0 Å². The molecule has 1 saturated carbocycles. The van der Waals surface area contributed by atoms with Gasteiger partial charge in [-0.1, -0.05) is 0 Å². The minimum absolute atomic E-state index is 0.0276. The Labute approximate surface area is 72.1 Å². The zero-order chi connectivity index (χ0) is 8.97. The molecular formula is C9H14O3. The largest absolute Gasteiger partial charge is 0.466 e. The minimum Gasteiger partial charge on any atom is -0.466 e. The van der Waals surface area contributed by atoms with Crippen LogP contribution in [-0.2, 0) is 14.3 Å². The van der Waals surface area contributed by atoms with Crippen molar-refractivity contribution >= 4 is 12.3 Å².